The third-order valence-corrected chi connectivity index (χ3v) is 1.23. The van der Waals surface area contributed by atoms with Gasteiger partial charge in [-0.1, -0.05) is 12.2 Å². The molecular formula is C12H12N4. The molecule has 80 valence electrons. The van der Waals surface area contributed by atoms with Gasteiger partial charge in [-0.2, -0.15) is 21.0 Å². The largest absolute Gasteiger partial charge is 0.198 e. The van der Waals surface area contributed by atoms with E-state index in [0.29, 0.717) is 25.7 Å². The fourth-order valence-electron chi connectivity index (χ4n) is 0.568. The molecular weight excluding hydrogens is 200 g/mol. The molecule has 0 amide bonds. The summed E-state index contributed by atoms with van der Waals surface area (Å²) < 4.78 is 0. The zero-order chi connectivity index (χ0) is 12.5. The summed E-state index contributed by atoms with van der Waals surface area (Å²) in [5.74, 6) is 0. The minimum Gasteiger partial charge on any atom is -0.198 e. The number of hydrogen-bond acceptors (Lipinski definition) is 4. The summed E-state index contributed by atoms with van der Waals surface area (Å²) in [7, 11) is 0. The average Bonchev–Trinajstić information content (AvgIpc) is 2.31. The monoisotopic (exact) mass is 212 g/mol. The highest BCUT2D eigenvalue weighted by molar-refractivity contribution is 5.02. The van der Waals surface area contributed by atoms with E-state index < -0.39 is 0 Å². The Morgan fingerprint density at radius 1 is 0.688 bits per heavy atom. The van der Waals surface area contributed by atoms with Gasteiger partial charge in [0.15, 0.2) is 0 Å². The molecule has 0 bridgehead atoms. The van der Waals surface area contributed by atoms with Gasteiger partial charge in [0, 0.05) is 25.0 Å². The number of hydrogen-bond donors (Lipinski definition) is 0. The van der Waals surface area contributed by atoms with Crippen molar-refractivity contribution in [3.8, 4) is 24.3 Å². The van der Waals surface area contributed by atoms with Crippen molar-refractivity contribution in [2.24, 2.45) is 0 Å². The molecule has 0 heterocycles. The van der Waals surface area contributed by atoms with Gasteiger partial charge < -0.3 is 0 Å². The summed E-state index contributed by atoms with van der Waals surface area (Å²) in [5.41, 5.74) is 0. The summed E-state index contributed by atoms with van der Waals surface area (Å²) in [4.78, 5) is 0. The van der Waals surface area contributed by atoms with E-state index in [4.69, 9.17) is 21.0 Å². The maximum atomic E-state index is 8.00. The number of rotatable bonds is 4. The van der Waals surface area contributed by atoms with Gasteiger partial charge in [0.25, 0.3) is 0 Å². The van der Waals surface area contributed by atoms with Gasteiger partial charge in [-0.05, 0) is 12.8 Å². The van der Waals surface area contributed by atoms with Gasteiger partial charge in [0.2, 0.25) is 0 Å². The van der Waals surface area contributed by atoms with Crippen molar-refractivity contribution in [1.29, 1.82) is 21.0 Å². The molecule has 0 fully saturated rings. The first-order valence-corrected chi connectivity index (χ1v) is 4.66. The SMILES string of the molecule is N#C/C=C/CCC#N.N#C/C=C/CCC#N. The second-order valence-electron chi connectivity index (χ2n) is 2.46. The van der Waals surface area contributed by atoms with Crippen molar-refractivity contribution in [3.63, 3.8) is 0 Å². The third-order valence-electron chi connectivity index (χ3n) is 1.23. The van der Waals surface area contributed by atoms with Gasteiger partial charge in [-0.15, -0.1) is 0 Å². The van der Waals surface area contributed by atoms with Crippen LogP contribution < -0.4 is 0 Å². The van der Waals surface area contributed by atoms with E-state index in [0.717, 1.165) is 0 Å². The summed E-state index contributed by atoms with van der Waals surface area (Å²) in [6, 6.07) is 7.61. The Balaban J connectivity index is 0. The van der Waals surface area contributed by atoms with Gasteiger partial charge in [0.1, 0.15) is 0 Å². The lowest BCUT2D eigenvalue weighted by atomic mass is 10.3. The Hall–Kier alpha value is -2.56. The highest BCUT2D eigenvalue weighted by Gasteiger charge is 1.73. The second-order valence-corrected chi connectivity index (χ2v) is 2.46. The van der Waals surface area contributed by atoms with Crippen LogP contribution in [0.3, 0.4) is 0 Å². The molecule has 0 aliphatic carbocycles. The molecule has 0 saturated heterocycles. The Morgan fingerprint density at radius 2 is 1.06 bits per heavy atom. The molecule has 0 radical (unpaired) electrons. The molecule has 0 aromatic carbocycles. The highest BCUT2D eigenvalue weighted by Crippen LogP contribution is 1.86. The van der Waals surface area contributed by atoms with Crippen LogP contribution in [0, 0.1) is 45.3 Å². The van der Waals surface area contributed by atoms with Crippen LogP contribution in [-0.4, -0.2) is 0 Å². The molecule has 0 rings (SSSR count). The third kappa shape index (κ3) is 22.5. The van der Waals surface area contributed by atoms with Crippen molar-refractivity contribution < 1.29 is 0 Å². The van der Waals surface area contributed by atoms with Crippen molar-refractivity contribution in [3.05, 3.63) is 24.3 Å². The lowest BCUT2D eigenvalue weighted by Gasteiger charge is -1.73. The van der Waals surface area contributed by atoms with Crippen LogP contribution in [0.25, 0.3) is 0 Å². The second kappa shape index (κ2) is 18.3. The molecule has 0 N–H and O–H groups in total. The molecule has 16 heavy (non-hydrogen) atoms. The Kier molecular flexibility index (Phi) is 18.1. The van der Waals surface area contributed by atoms with E-state index >= 15 is 0 Å². The Bertz CT molecular complexity index is 328. The highest BCUT2D eigenvalue weighted by atomic mass is 14.2. The minimum absolute atomic E-state index is 0.498. The predicted molar refractivity (Wildman–Crippen MR) is 59.2 cm³/mol. The summed E-state index contributed by atoms with van der Waals surface area (Å²) in [6.07, 6.45) is 8.51. The number of nitrogens with zero attached hydrogens (tertiary/aromatic N) is 4. The van der Waals surface area contributed by atoms with E-state index in [1.165, 1.54) is 12.2 Å². The molecule has 0 spiro atoms. The van der Waals surface area contributed by atoms with E-state index in [-0.39, 0.29) is 0 Å². The van der Waals surface area contributed by atoms with E-state index in [2.05, 4.69) is 0 Å². The molecule has 0 aliphatic heterocycles. The summed E-state index contributed by atoms with van der Waals surface area (Å²) in [5, 5.41) is 31.9. The normalized spacial score (nSPS) is 8.25. The summed E-state index contributed by atoms with van der Waals surface area (Å²) in [6.45, 7) is 0. The standard InChI is InChI=1S/2C6H6N2/c2*7-5-3-1-2-4-6-8/h2*1,3H,2,4H2/b2*3-1+. The van der Waals surface area contributed by atoms with Crippen LogP contribution in [0.2, 0.25) is 0 Å². The van der Waals surface area contributed by atoms with Crippen LogP contribution in [0.4, 0.5) is 0 Å². The van der Waals surface area contributed by atoms with E-state index in [1.54, 1.807) is 12.2 Å². The quantitative estimate of drug-likeness (QED) is 0.528. The molecule has 0 aromatic heterocycles. The number of allylic oxidation sites excluding steroid dienone is 4. The van der Waals surface area contributed by atoms with Crippen LogP contribution in [-0.2, 0) is 0 Å². The Labute approximate surface area is 96.0 Å². The molecule has 0 unspecified atom stereocenters. The molecule has 4 heteroatoms. The van der Waals surface area contributed by atoms with E-state index in [1.807, 2.05) is 24.3 Å². The molecule has 0 aromatic rings. The fourth-order valence-corrected chi connectivity index (χ4v) is 0.568. The first-order chi connectivity index (χ1) is 7.83. The maximum Gasteiger partial charge on any atom is 0.0908 e. The van der Waals surface area contributed by atoms with Gasteiger partial charge in [-0.3, -0.25) is 0 Å². The van der Waals surface area contributed by atoms with Gasteiger partial charge >= 0.3 is 0 Å². The molecule has 0 aliphatic rings. The topological polar surface area (TPSA) is 95.2 Å². The first kappa shape index (κ1) is 15.9. The zero-order valence-corrected chi connectivity index (χ0v) is 8.93. The van der Waals surface area contributed by atoms with Crippen molar-refractivity contribution in [2.75, 3.05) is 0 Å². The van der Waals surface area contributed by atoms with Crippen molar-refractivity contribution in [2.45, 2.75) is 25.7 Å². The van der Waals surface area contributed by atoms with Crippen LogP contribution >= 0.6 is 0 Å². The zero-order valence-electron chi connectivity index (χ0n) is 8.93. The smallest absolute Gasteiger partial charge is 0.0908 e. The first-order valence-electron chi connectivity index (χ1n) is 4.66. The Morgan fingerprint density at radius 3 is 1.31 bits per heavy atom. The van der Waals surface area contributed by atoms with Crippen LogP contribution in [0.1, 0.15) is 25.7 Å². The number of unbranched alkanes of at least 4 members (excludes halogenated alkanes) is 2. The van der Waals surface area contributed by atoms with Crippen molar-refractivity contribution in [1.82, 2.24) is 0 Å². The summed E-state index contributed by atoms with van der Waals surface area (Å²) >= 11 is 0. The van der Waals surface area contributed by atoms with Gasteiger partial charge in [0.05, 0.1) is 24.3 Å². The average molecular weight is 212 g/mol. The van der Waals surface area contributed by atoms with E-state index in [9.17, 15) is 0 Å². The number of nitriles is 4. The lowest BCUT2D eigenvalue weighted by molar-refractivity contribution is 1.06. The molecule has 0 atom stereocenters. The van der Waals surface area contributed by atoms with Gasteiger partial charge in [-0.25, -0.2) is 0 Å². The van der Waals surface area contributed by atoms with Crippen LogP contribution in [0.15, 0.2) is 24.3 Å². The van der Waals surface area contributed by atoms with Crippen LogP contribution in [0.5, 0.6) is 0 Å². The minimum atomic E-state index is 0.498. The fraction of sp³-hybridized carbons (Fsp3) is 0.333. The van der Waals surface area contributed by atoms with Crippen molar-refractivity contribution >= 4 is 0 Å². The lowest BCUT2D eigenvalue weighted by Crippen LogP contribution is -1.60. The maximum absolute atomic E-state index is 8.00. The molecule has 0 saturated carbocycles. The molecule has 4 nitrogen and oxygen atoms in total. The predicted octanol–water partition coefficient (Wildman–Crippen LogP) is 2.74.